The van der Waals surface area contributed by atoms with Crippen molar-refractivity contribution in [1.29, 1.82) is 0 Å². The van der Waals surface area contributed by atoms with Crippen LogP contribution >= 0.6 is 11.3 Å². The average molecular weight is 292 g/mol. The Labute approximate surface area is 128 Å². The predicted molar refractivity (Wildman–Crippen MR) is 88.5 cm³/mol. The summed E-state index contributed by atoms with van der Waals surface area (Å²) in [6.45, 7) is 8.37. The molecule has 1 aromatic heterocycles. The molecule has 3 rings (SSSR count). The minimum absolute atomic E-state index is 0.808. The fourth-order valence-corrected chi connectivity index (χ4v) is 4.94. The molecule has 2 aliphatic rings. The third kappa shape index (κ3) is 3.28. The van der Waals surface area contributed by atoms with E-state index < -0.39 is 0 Å². The van der Waals surface area contributed by atoms with Crippen LogP contribution in [0.1, 0.15) is 62.3 Å². The highest BCUT2D eigenvalue weighted by atomic mass is 32.1. The van der Waals surface area contributed by atoms with Gasteiger partial charge in [0.25, 0.3) is 0 Å². The molecule has 3 unspecified atom stereocenters. The Morgan fingerprint density at radius 2 is 2.05 bits per heavy atom. The van der Waals surface area contributed by atoms with Crippen molar-refractivity contribution in [3.05, 3.63) is 21.9 Å². The van der Waals surface area contributed by atoms with Gasteiger partial charge >= 0.3 is 0 Å². The smallest absolute Gasteiger partial charge is 0.0109 e. The highest BCUT2D eigenvalue weighted by Gasteiger charge is 2.34. The van der Waals surface area contributed by atoms with Crippen LogP contribution < -0.4 is 5.32 Å². The molecule has 0 amide bonds. The molecular weight excluding hydrogens is 262 g/mol. The van der Waals surface area contributed by atoms with Crippen molar-refractivity contribution in [1.82, 2.24) is 5.32 Å². The van der Waals surface area contributed by atoms with Gasteiger partial charge in [0, 0.05) is 10.9 Å². The monoisotopic (exact) mass is 291 g/mol. The van der Waals surface area contributed by atoms with Crippen LogP contribution in [0, 0.1) is 24.7 Å². The number of hydrogen-bond donors (Lipinski definition) is 1. The quantitative estimate of drug-likeness (QED) is 0.808. The topological polar surface area (TPSA) is 12.0 Å². The Balaban J connectivity index is 1.72. The molecule has 112 valence electrons. The van der Waals surface area contributed by atoms with Gasteiger partial charge in [0.2, 0.25) is 0 Å². The summed E-state index contributed by atoms with van der Waals surface area (Å²) in [5.41, 5.74) is 1.53. The van der Waals surface area contributed by atoms with Gasteiger partial charge in [0.1, 0.15) is 0 Å². The lowest BCUT2D eigenvalue weighted by atomic mass is 9.69. The first-order valence-corrected chi connectivity index (χ1v) is 9.30. The van der Waals surface area contributed by atoms with Gasteiger partial charge in [-0.1, -0.05) is 13.8 Å². The highest BCUT2D eigenvalue weighted by molar-refractivity contribution is 7.10. The molecule has 0 spiro atoms. The summed E-state index contributed by atoms with van der Waals surface area (Å²) < 4.78 is 0. The van der Waals surface area contributed by atoms with E-state index >= 15 is 0 Å². The second-order valence-corrected chi connectivity index (χ2v) is 8.28. The van der Waals surface area contributed by atoms with Crippen LogP contribution in [0.4, 0.5) is 0 Å². The lowest BCUT2D eigenvalue weighted by molar-refractivity contribution is 0.191. The highest BCUT2D eigenvalue weighted by Crippen LogP contribution is 2.45. The second-order valence-electron chi connectivity index (χ2n) is 7.33. The molecule has 0 bridgehead atoms. The van der Waals surface area contributed by atoms with Crippen LogP contribution in [0.5, 0.6) is 0 Å². The van der Waals surface area contributed by atoms with Gasteiger partial charge in [-0.2, -0.15) is 0 Å². The largest absolute Gasteiger partial charge is 0.314 e. The Morgan fingerprint density at radius 1 is 1.25 bits per heavy atom. The van der Waals surface area contributed by atoms with Crippen molar-refractivity contribution in [2.45, 2.75) is 64.8 Å². The zero-order valence-corrected chi connectivity index (χ0v) is 14.0. The molecule has 0 saturated heterocycles. The minimum Gasteiger partial charge on any atom is -0.314 e. The first kappa shape index (κ1) is 14.6. The number of aryl methyl sites for hydroxylation is 1. The summed E-state index contributed by atoms with van der Waals surface area (Å²) in [5.74, 6) is 3.44. The number of thiophene rings is 1. The zero-order valence-electron chi connectivity index (χ0n) is 13.2. The molecule has 1 N–H and O–H groups in total. The SMILES string of the molecule is Cc1ccsc1C1CC(C(C)C)CCC1CNC1CC1. The lowest BCUT2D eigenvalue weighted by Crippen LogP contribution is -2.34. The minimum atomic E-state index is 0.808. The van der Waals surface area contributed by atoms with E-state index in [0.717, 1.165) is 29.7 Å². The average Bonchev–Trinajstić information content (AvgIpc) is 3.17. The zero-order chi connectivity index (χ0) is 14.1. The molecule has 20 heavy (non-hydrogen) atoms. The third-order valence-electron chi connectivity index (χ3n) is 5.46. The Bertz CT molecular complexity index is 432. The number of nitrogens with one attached hydrogen (secondary N) is 1. The van der Waals surface area contributed by atoms with Crippen LogP contribution in [0.3, 0.4) is 0 Å². The molecule has 1 aromatic rings. The van der Waals surface area contributed by atoms with Crippen molar-refractivity contribution in [3.8, 4) is 0 Å². The van der Waals surface area contributed by atoms with Gasteiger partial charge < -0.3 is 5.32 Å². The van der Waals surface area contributed by atoms with Gasteiger partial charge in [0.05, 0.1) is 0 Å². The molecule has 1 heterocycles. The fourth-order valence-electron chi connectivity index (χ4n) is 3.81. The van der Waals surface area contributed by atoms with Gasteiger partial charge in [-0.15, -0.1) is 11.3 Å². The van der Waals surface area contributed by atoms with Crippen LogP contribution in [-0.4, -0.2) is 12.6 Å². The molecule has 1 nitrogen and oxygen atoms in total. The molecule has 2 fully saturated rings. The van der Waals surface area contributed by atoms with Crippen molar-refractivity contribution in [2.24, 2.45) is 17.8 Å². The van der Waals surface area contributed by atoms with Crippen LogP contribution in [0.15, 0.2) is 11.4 Å². The summed E-state index contributed by atoms with van der Waals surface area (Å²) in [5, 5.41) is 6.07. The van der Waals surface area contributed by atoms with E-state index in [-0.39, 0.29) is 0 Å². The van der Waals surface area contributed by atoms with Crippen LogP contribution in [0.25, 0.3) is 0 Å². The van der Waals surface area contributed by atoms with E-state index in [1.807, 2.05) is 11.3 Å². The second kappa shape index (κ2) is 6.19. The lowest BCUT2D eigenvalue weighted by Gasteiger charge is -2.38. The van der Waals surface area contributed by atoms with E-state index in [1.54, 1.807) is 4.88 Å². The molecule has 0 aromatic carbocycles. The maximum atomic E-state index is 3.79. The van der Waals surface area contributed by atoms with Crippen molar-refractivity contribution < 1.29 is 0 Å². The van der Waals surface area contributed by atoms with Gasteiger partial charge in [0.15, 0.2) is 0 Å². The van der Waals surface area contributed by atoms with Crippen molar-refractivity contribution in [3.63, 3.8) is 0 Å². The summed E-state index contributed by atoms with van der Waals surface area (Å²) in [6, 6.07) is 3.16. The molecule has 2 saturated carbocycles. The first-order valence-electron chi connectivity index (χ1n) is 8.42. The third-order valence-corrected chi connectivity index (χ3v) is 6.61. The normalized spacial score (nSPS) is 30.9. The summed E-state index contributed by atoms with van der Waals surface area (Å²) in [6.07, 6.45) is 7.09. The molecule has 0 aliphatic heterocycles. The standard InChI is InChI=1S/C18H29NS/c1-12(2)14-4-5-15(11-19-16-6-7-16)17(10-14)18-13(3)8-9-20-18/h8-9,12,14-17,19H,4-7,10-11H2,1-3H3. The number of rotatable bonds is 5. The predicted octanol–water partition coefficient (Wildman–Crippen LogP) is 4.96. The molecule has 2 aliphatic carbocycles. The van der Waals surface area contributed by atoms with E-state index in [2.05, 4.69) is 37.5 Å². The summed E-state index contributed by atoms with van der Waals surface area (Å²) >= 11 is 2.00. The summed E-state index contributed by atoms with van der Waals surface area (Å²) in [7, 11) is 0. The Kier molecular flexibility index (Phi) is 4.52. The first-order chi connectivity index (χ1) is 9.65. The molecule has 0 radical (unpaired) electrons. The maximum absolute atomic E-state index is 3.79. The van der Waals surface area contributed by atoms with Crippen molar-refractivity contribution >= 4 is 11.3 Å². The van der Waals surface area contributed by atoms with Gasteiger partial charge in [-0.3, -0.25) is 0 Å². The van der Waals surface area contributed by atoms with Crippen LogP contribution in [0.2, 0.25) is 0 Å². The molecular formula is C18H29NS. The van der Waals surface area contributed by atoms with Gasteiger partial charge in [-0.05, 0) is 86.3 Å². The summed E-state index contributed by atoms with van der Waals surface area (Å²) in [4.78, 5) is 1.68. The van der Waals surface area contributed by atoms with Crippen LogP contribution in [-0.2, 0) is 0 Å². The molecule has 3 atom stereocenters. The maximum Gasteiger partial charge on any atom is 0.0109 e. The van der Waals surface area contributed by atoms with E-state index in [1.165, 1.54) is 44.2 Å². The fraction of sp³-hybridized carbons (Fsp3) is 0.778. The van der Waals surface area contributed by atoms with E-state index in [4.69, 9.17) is 0 Å². The van der Waals surface area contributed by atoms with Gasteiger partial charge in [-0.25, -0.2) is 0 Å². The van der Waals surface area contributed by atoms with E-state index in [0.29, 0.717) is 0 Å². The number of hydrogen-bond acceptors (Lipinski definition) is 2. The Morgan fingerprint density at radius 3 is 2.65 bits per heavy atom. The molecule has 2 heteroatoms. The van der Waals surface area contributed by atoms with E-state index in [9.17, 15) is 0 Å². The Hall–Kier alpha value is -0.340. The van der Waals surface area contributed by atoms with Crippen molar-refractivity contribution in [2.75, 3.05) is 6.54 Å².